The van der Waals surface area contributed by atoms with Crippen molar-refractivity contribution in [2.45, 2.75) is 19.8 Å². The van der Waals surface area contributed by atoms with Crippen LogP contribution in [-0.4, -0.2) is 10.9 Å². The zero-order valence-electron chi connectivity index (χ0n) is 14.3. The molecule has 0 unspecified atom stereocenters. The van der Waals surface area contributed by atoms with E-state index in [0.29, 0.717) is 34.1 Å². The van der Waals surface area contributed by atoms with Gasteiger partial charge in [-0.1, -0.05) is 47.5 Å². The number of rotatable bonds is 5. The Kier molecular flexibility index (Phi) is 5.60. The minimum absolute atomic E-state index is 0.461. The number of carbonyl (C=O) groups is 1. The number of nitrogens with two attached hydrogens (primary N) is 1. The smallest absolute Gasteiger partial charge is 0.250 e. The fraction of sp³-hybridized carbons (Fsp3) is 0.143. The lowest BCUT2D eigenvalue weighted by atomic mass is 9.98. The maximum atomic E-state index is 11.9. The van der Waals surface area contributed by atoms with Gasteiger partial charge in [0.25, 0.3) is 5.91 Å². The van der Waals surface area contributed by atoms with E-state index in [0.717, 1.165) is 22.4 Å². The standard InChI is InChI=1S/C21H18Cl2N2O/c1-13-10-18(11-14-2-6-16(22)7-3-14)25-19(20(13)21(24)26)12-15-4-8-17(23)9-5-15/h2-10H,11-12H2,1H3,(H2,24,26). The summed E-state index contributed by atoms with van der Waals surface area (Å²) in [4.78, 5) is 16.7. The number of primary amides is 1. The summed E-state index contributed by atoms with van der Waals surface area (Å²) >= 11 is 11.9. The van der Waals surface area contributed by atoms with Crippen molar-refractivity contribution in [2.75, 3.05) is 0 Å². The number of carbonyl (C=O) groups excluding carboxylic acids is 1. The van der Waals surface area contributed by atoms with Crippen molar-refractivity contribution < 1.29 is 4.79 Å². The summed E-state index contributed by atoms with van der Waals surface area (Å²) in [6, 6.07) is 17.1. The number of aromatic nitrogens is 1. The number of hydrogen-bond acceptors (Lipinski definition) is 2. The van der Waals surface area contributed by atoms with E-state index in [4.69, 9.17) is 33.9 Å². The van der Waals surface area contributed by atoms with Gasteiger partial charge in [-0.05, 0) is 53.9 Å². The molecule has 1 amide bonds. The Morgan fingerprint density at radius 1 is 0.923 bits per heavy atom. The molecule has 1 aromatic heterocycles. The number of aryl methyl sites for hydroxylation is 1. The lowest BCUT2D eigenvalue weighted by Crippen LogP contribution is -2.18. The van der Waals surface area contributed by atoms with Gasteiger partial charge in [-0.2, -0.15) is 0 Å². The molecule has 0 saturated heterocycles. The Morgan fingerprint density at radius 2 is 1.42 bits per heavy atom. The van der Waals surface area contributed by atoms with E-state index in [-0.39, 0.29) is 0 Å². The van der Waals surface area contributed by atoms with E-state index in [9.17, 15) is 4.79 Å². The van der Waals surface area contributed by atoms with E-state index in [1.54, 1.807) is 0 Å². The van der Waals surface area contributed by atoms with Crippen molar-refractivity contribution in [1.29, 1.82) is 0 Å². The molecule has 2 aromatic carbocycles. The van der Waals surface area contributed by atoms with Crippen molar-refractivity contribution in [3.63, 3.8) is 0 Å². The number of halogens is 2. The zero-order valence-corrected chi connectivity index (χ0v) is 15.8. The van der Waals surface area contributed by atoms with E-state index in [2.05, 4.69) is 0 Å². The summed E-state index contributed by atoms with van der Waals surface area (Å²) in [5.74, 6) is -0.461. The molecule has 3 rings (SSSR count). The third kappa shape index (κ3) is 4.43. The van der Waals surface area contributed by atoms with Crippen molar-refractivity contribution in [3.8, 4) is 0 Å². The Labute approximate surface area is 162 Å². The van der Waals surface area contributed by atoms with Crippen LogP contribution in [0.2, 0.25) is 10.0 Å². The molecule has 0 atom stereocenters. The summed E-state index contributed by atoms with van der Waals surface area (Å²) in [5, 5.41) is 1.37. The molecule has 0 aliphatic heterocycles. The van der Waals surface area contributed by atoms with Gasteiger partial charge in [0.05, 0.1) is 11.3 Å². The topological polar surface area (TPSA) is 56.0 Å². The first-order chi connectivity index (χ1) is 12.4. The minimum atomic E-state index is -0.461. The normalized spacial score (nSPS) is 10.7. The predicted molar refractivity (Wildman–Crippen MR) is 106 cm³/mol. The summed E-state index contributed by atoms with van der Waals surface area (Å²) in [6.07, 6.45) is 1.18. The van der Waals surface area contributed by atoms with Gasteiger partial charge < -0.3 is 5.73 Å². The van der Waals surface area contributed by atoms with Crippen LogP contribution < -0.4 is 5.73 Å². The highest BCUT2D eigenvalue weighted by Gasteiger charge is 2.15. The fourth-order valence-electron chi connectivity index (χ4n) is 2.97. The number of hydrogen-bond donors (Lipinski definition) is 1. The maximum absolute atomic E-state index is 11.9. The van der Waals surface area contributed by atoms with Crippen LogP contribution >= 0.6 is 23.2 Å². The van der Waals surface area contributed by atoms with Crippen molar-refractivity contribution in [2.24, 2.45) is 5.73 Å². The summed E-state index contributed by atoms with van der Waals surface area (Å²) in [6.45, 7) is 1.89. The first-order valence-electron chi connectivity index (χ1n) is 8.20. The zero-order chi connectivity index (χ0) is 18.7. The Bertz CT molecular complexity index is 935. The molecule has 0 saturated carbocycles. The van der Waals surface area contributed by atoms with E-state index < -0.39 is 5.91 Å². The van der Waals surface area contributed by atoms with Crippen LogP contribution in [-0.2, 0) is 12.8 Å². The molecule has 0 fully saturated rings. The first kappa shape index (κ1) is 18.4. The van der Waals surface area contributed by atoms with E-state index in [1.807, 2.05) is 61.5 Å². The number of amides is 1. The van der Waals surface area contributed by atoms with Crippen LogP contribution in [0.25, 0.3) is 0 Å². The van der Waals surface area contributed by atoms with Gasteiger partial charge >= 0.3 is 0 Å². The minimum Gasteiger partial charge on any atom is -0.366 e. The third-order valence-electron chi connectivity index (χ3n) is 4.17. The van der Waals surface area contributed by atoms with Crippen LogP contribution in [0.4, 0.5) is 0 Å². The number of benzene rings is 2. The molecule has 0 aliphatic carbocycles. The van der Waals surface area contributed by atoms with Crippen molar-refractivity contribution in [1.82, 2.24) is 4.98 Å². The van der Waals surface area contributed by atoms with Crippen LogP contribution in [0.15, 0.2) is 54.6 Å². The van der Waals surface area contributed by atoms with Gasteiger partial charge in [-0.3, -0.25) is 9.78 Å². The molecule has 2 N–H and O–H groups in total. The second kappa shape index (κ2) is 7.90. The lowest BCUT2D eigenvalue weighted by molar-refractivity contribution is 0.0998. The highest BCUT2D eigenvalue weighted by atomic mass is 35.5. The second-order valence-electron chi connectivity index (χ2n) is 6.22. The van der Waals surface area contributed by atoms with Gasteiger partial charge in [0.2, 0.25) is 0 Å². The average Bonchev–Trinajstić information content (AvgIpc) is 2.58. The Hall–Kier alpha value is -2.36. The SMILES string of the molecule is Cc1cc(Cc2ccc(Cl)cc2)nc(Cc2ccc(Cl)cc2)c1C(N)=O. The predicted octanol–water partition coefficient (Wildman–Crippen LogP) is 4.98. The highest BCUT2D eigenvalue weighted by molar-refractivity contribution is 6.30. The number of nitrogens with zero attached hydrogens (tertiary/aromatic N) is 1. The largest absolute Gasteiger partial charge is 0.366 e. The molecule has 3 aromatic rings. The van der Waals surface area contributed by atoms with Gasteiger partial charge in [-0.25, -0.2) is 0 Å². The monoisotopic (exact) mass is 384 g/mol. The number of pyridine rings is 1. The highest BCUT2D eigenvalue weighted by Crippen LogP contribution is 2.21. The molecule has 0 radical (unpaired) electrons. The third-order valence-corrected chi connectivity index (χ3v) is 4.68. The molecular formula is C21H18Cl2N2O. The summed E-state index contributed by atoms with van der Waals surface area (Å²) in [5.41, 5.74) is 10.6. The van der Waals surface area contributed by atoms with Crippen molar-refractivity contribution >= 4 is 29.1 Å². The van der Waals surface area contributed by atoms with Gasteiger partial charge in [0.15, 0.2) is 0 Å². The molecule has 132 valence electrons. The molecule has 26 heavy (non-hydrogen) atoms. The Morgan fingerprint density at radius 3 is 1.92 bits per heavy atom. The Balaban J connectivity index is 1.97. The molecular weight excluding hydrogens is 367 g/mol. The van der Waals surface area contributed by atoms with Gasteiger partial charge in [0, 0.05) is 28.6 Å². The fourth-order valence-corrected chi connectivity index (χ4v) is 3.23. The van der Waals surface area contributed by atoms with E-state index >= 15 is 0 Å². The van der Waals surface area contributed by atoms with Crippen LogP contribution in [0, 0.1) is 6.92 Å². The average molecular weight is 385 g/mol. The summed E-state index contributed by atoms with van der Waals surface area (Å²) in [7, 11) is 0. The quantitative estimate of drug-likeness (QED) is 0.674. The van der Waals surface area contributed by atoms with Crippen LogP contribution in [0.3, 0.4) is 0 Å². The first-order valence-corrected chi connectivity index (χ1v) is 8.96. The molecule has 0 bridgehead atoms. The lowest BCUT2D eigenvalue weighted by Gasteiger charge is -2.13. The van der Waals surface area contributed by atoms with Crippen LogP contribution in [0.1, 0.15) is 38.4 Å². The van der Waals surface area contributed by atoms with Gasteiger partial charge in [0.1, 0.15) is 0 Å². The van der Waals surface area contributed by atoms with Gasteiger partial charge in [-0.15, -0.1) is 0 Å². The second-order valence-corrected chi connectivity index (χ2v) is 7.10. The molecule has 5 heteroatoms. The molecule has 3 nitrogen and oxygen atoms in total. The molecule has 1 heterocycles. The van der Waals surface area contributed by atoms with E-state index in [1.165, 1.54) is 0 Å². The maximum Gasteiger partial charge on any atom is 0.250 e. The van der Waals surface area contributed by atoms with Crippen LogP contribution in [0.5, 0.6) is 0 Å². The summed E-state index contributed by atoms with van der Waals surface area (Å²) < 4.78 is 0. The molecule has 0 spiro atoms. The van der Waals surface area contributed by atoms with Crippen molar-refractivity contribution in [3.05, 3.63) is 98.3 Å². The molecule has 0 aliphatic rings.